The summed E-state index contributed by atoms with van der Waals surface area (Å²) in [7, 11) is 1.79. The SMILES string of the molecule is CCOC(=O)C1CCCN(C(=NC)NCCCCOCc2ccccc2)C1.I. The first-order chi connectivity index (χ1) is 13.2. The topological polar surface area (TPSA) is 63.2 Å². The number of carbonyl (C=O) groups is 1. The highest BCUT2D eigenvalue weighted by atomic mass is 127. The van der Waals surface area contributed by atoms with Crippen molar-refractivity contribution in [3.05, 3.63) is 35.9 Å². The van der Waals surface area contributed by atoms with Gasteiger partial charge in [0.2, 0.25) is 0 Å². The summed E-state index contributed by atoms with van der Waals surface area (Å²) in [6.07, 6.45) is 3.90. The molecule has 1 unspecified atom stereocenters. The van der Waals surface area contributed by atoms with E-state index in [1.807, 2.05) is 25.1 Å². The van der Waals surface area contributed by atoms with Crippen LogP contribution >= 0.6 is 24.0 Å². The van der Waals surface area contributed by atoms with Crippen LogP contribution in [0.15, 0.2) is 35.3 Å². The molecule has 1 aliphatic heterocycles. The molecule has 1 aromatic carbocycles. The van der Waals surface area contributed by atoms with Crippen LogP contribution in [-0.2, 0) is 20.9 Å². The van der Waals surface area contributed by atoms with Crippen molar-refractivity contribution in [2.75, 3.05) is 39.9 Å². The Kier molecular flexibility index (Phi) is 12.9. The number of guanidine groups is 1. The molecule has 158 valence electrons. The molecule has 1 N–H and O–H groups in total. The number of rotatable bonds is 9. The minimum Gasteiger partial charge on any atom is -0.466 e. The van der Waals surface area contributed by atoms with Crippen LogP contribution in [-0.4, -0.2) is 56.7 Å². The summed E-state index contributed by atoms with van der Waals surface area (Å²) in [4.78, 5) is 18.5. The number of ether oxygens (including phenoxy) is 2. The number of unbranched alkanes of at least 4 members (excludes halogenated alkanes) is 1. The van der Waals surface area contributed by atoms with Crippen LogP contribution in [0.2, 0.25) is 0 Å². The number of benzene rings is 1. The number of hydrogen-bond acceptors (Lipinski definition) is 4. The van der Waals surface area contributed by atoms with Crippen molar-refractivity contribution in [3.8, 4) is 0 Å². The van der Waals surface area contributed by atoms with Crippen LogP contribution in [0.3, 0.4) is 0 Å². The van der Waals surface area contributed by atoms with E-state index in [0.29, 0.717) is 19.8 Å². The van der Waals surface area contributed by atoms with Gasteiger partial charge in [-0.2, -0.15) is 0 Å². The Morgan fingerprint density at radius 2 is 2.07 bits per heavy atom. The van der Waals surface area contributed by atoms with Gasteiger partial charge in [-0.3, -0.25) is 9.79 Å². The second-order valence-electron chi connectivity index (χ2n) is 6.76. The molecule has 0 aliphatic carbocycles. The lowest BCUT2D eigenvalue weighted by Gasteiger charge is -2.33. The summed E-state index contributed by atoms with van der Waals surface area (Å²) in [5, 5.41) is 3.41. The molecule has 1 aromatic rings. The van der Waals surface area contributed by atoms with E-state index in [1.54, 1.807) is 7.05 Å². The van der Waals surface area contributed by atoms with E-state index < -0.39 is 0 Å². The number of carbonyl (C=O) groups excluding carboxylic acids is 1. The van der Waals surface area contributed by atoms with Gasteiger partial charge in [0.1, 0.15) is 0 Å². The molecule has 1 aliphatic rings. The Bertz CT molecular complexity index is 584. The van der Waals surface area contributed by atoms with Gasteiger partial charge in [0, 0.05) is 33.3 Å². The molecule has 28 heavy (non-hydrogen) atoms. The quantitative estimate of drug-likeness (QED) is 0.184. The van der Waals surface area contributed by atoms with E-state index in [-0.39, 0.29) is 35.9 Å². The molecule has 1 atom stereocenters. The first kappa shape index (κ1) is 24.7. The third kappa shape index (κ3) is 8.77. The first-order valence-corrected chi connectivity index (χ1v) is 9.98. The van der Waals surface area contributed by atoms with E-state index in [9.17, 15) is 4.79 Å². The molecular formula is C21H34IN3O3. The fourth-order valence-corrected chi connectivity index (χ4v) is 3.25. The number of hydrogen-bond donors (Lipinski definition) is 1. The first-order valence-electron chi connectivity index (χ1n) is 9.98. The van der Waals surface area contributed by atoms with Crippen molar-refractivity contribution in [1.29, 1.82) is 0 Å². The Morgan fingerprint density at radius 3 is 2.79 bits per heavy atom. The van der Waals surface area contributed by atoms with E-state index in [1.165, 1.54) is 5.56 Å². The van der Waals surface area contributed by atoms with E-state index >= 15 is 0 Å². The Hall–Kier alpha value is -1.35. The fraction of sp³-hybridized carbons (Fsp3) is 0.619. The second-order valence-corrected chi connectivity index (χ2v) is 6.76. The number of piperidine rings is 1. The standard InChI is InChI=1S/C21H33N3O3.HI/c1-3-27-20(25)19-12-9-14-24(16-19)21(22-2)23-13-7-8-15-26-17-18-10-5-4-6-11-18;/h4-6,10-11,19H,3,7-9,12-17H2,1-2H3,(H,22,23);1H. The molecule has 0 aromatic heterocycles. The maximum Gasteiger partial charge on any atom is 0.310 e. The normalized spacial score (nSPS) is 17.0. The lowest BCUT2D eigenvalue weighted by Crippen LogP contribution is -2.48. The smallest absolute Gasteiger partial charge is 0.310 e. The Balaban J connectivity index is 0.00000392. The lowest BCUT2D eigenvalue weighted by molar-refractivity contribution is -0.149. The van der Waals surface area contributed by atoms with Crippen molar-refractivity contribution < 1.29 is 14.3 Å². The molecule has 1 saturated heterocycles. The highest BCUT2D eigenvalue weighted by Crippen LogP contribution is 2.18. The highest BCUT2D eigenvalue weighted by Gasteiger charge is 2.28. The van der Waals surface area contributed by atoms with Gasteiger partial charge in [0.15, 0.2) is 5.96 Å². The molecule has 2 rings (SSSR count). The summed E-state index contributed by atoms with van der Waals surface area (Å²) in [5.41, 5.74) is 1.21. The van der Waals surface area contributed by atoms with Gasteiger partial charge in [-0.15, -0.1) is 24.0 Å². The Labute approximate surface area is 186 Å². The molecule has 6 nitrogen and oxygen atoms in total. The number of likely N-dealkylation sites (tertiary alicyclic amines) is 1. The molecular weight excluding hydrogens is 469 g/mol. The van der Waals surface area contributed by atoms with E-state index in [2.05, 4.69) is 27.3 Å². The fourth-order valence-electron chi connectivity index (χ4n) is 3.25. The average Bonchev–Trinajstić information content (AvgIpc) is 2.71. The van der Waals surface area contributed by atoms with Crippen molar-refractivity contribution >= 4 is 35.9 Å². The van der Waals surface area contributed by atoms with E-state index in [4.69, 9.17) is 9.47 Å². The van der Waals surface area contributed by atoms with Crippen LogP contribution < -0.4 is 5.32 Å². The Morgan fingerprint density at radius 1 is 1.29 bits per heavy atom. The van der Waals surface area contributed by atoms with Crippen molar-refractivity contribution in [2.24, 2.45) is 10.9 Å². The van der Waals surface area contributed by atoms with Crippen LogP contribution in [0.5, 0.6) is 0 Å². The summed E-state index contributed by atoms with van der Waals surface area (Å²) >= 11 is 0. The molecule has 0 bridgehead atoms. The van der Waals surface area contributed by atoms with Crippen LogP contribution in [0.25, 0.3) is 0 Å². The zero-order chi connectivity index (χ0) is 19.3. The molecule has 1 heterocycles. The van der Waals surface area contributed by atoms with Crippen molar-refractivity contribution in [2.45, 2.75) is 39.2 Å². The second kappa shape index (κ2) is 14.6. The minimum absolute atomic E-state index is 0. The van der Waals surface area contributed by atoms with Gasteiger partial charge in [-0.25, -0.2) is 0 Å². The zero-order valence-corrected chi connectivity index (χ0v) is 19.4. The molecule has 7 heteroatoms. The van der Waals surface area contributed by atoms with Gasteiger partial charge in [-0.1, -0.05) is 30.3 Å². The molecule has 0 spiro atoms. The predicted octanol–water partition coefficient (Wildman–Crippen LogP) is 3.45. The molecule has 0 radical (unpaired) electrons. The maximum atomic E-state index is 12.0. The lowest BCUT2D eigenvalue weighted by atomic mass is 9.98. The third-order valence-electron chi connectivity index (χ3n) is 4.66. The number of halogens is 1. The minimum atomic E-state index is -0.0896. The van der Waals surface area contributed by atoms with Gasteiger partial charge < -0.3 is 19.7 Å². The van der Waals surface area contributed by atoms with Gasteiger partial charge in [0.05, 0.1) is 19.1 Å². The number of nitrogens with zero attached hydrogens (tertiary/aromatic N) is 2. The average molecular weight is 503 g/mol. The molecule has 0 saturated carbocycles. The van der Waals surface area contributed by atoms with Crippen molar-refractivity contribution in [1.82, 2.24) is 10.2 Å². The maximum absolute atomic E-state index is 12.0. The largest absolute Gasteiger partial charge is 0.466 e. The van der Waals surface area contributed by atoms with E-state index in [0.717, 1.165) is 51.3 Å². The van der Waals surface area contributed by atoms with Crippen LogP contribution in [0.4, 0.5) is 0 Å². The number of esters is 1. The summed E-state index contributed by atoms with van der Waals surface area (Å²) in [5.74, 6) is 0.728. The number of aliphatic imine (C=N–C) groups is 1. The zero-order valence-electron chi connectivity index (χ0n) is 17.1. The number of nitrogens with one attached hydrogen (secondary N) is 1. The molecule has 0 amide bonds. The van der Waals surface area contributed by atoms with Crippen molar-refractivity contribution in [3.63, 3.8) is 0 Å². The summed E-state index contributed by atoms with van der Waals surface area (Å²) in [6.45, 7) is 6.16. The summed E-state index contributed by atoms with van der Waals surface area (Å²) in [6, 6.07) is 10.2. The summed E-state index contributed by atoms with van der Waals surface area (Å²) < 4.78 is 10.9. The monoisotopic (exact) mass is 503 g/mol. The highest BCUT2D eigenvalue weighted by molar-refractivity contribution is 14.0. The van der Waals surface area contributed by atoms with Crippen LogP contribution in [0.1, 0.15) is 38.2 Å². The van der Waals surface area contributed by atoms with Gasteiger partial charge in [0.25, 0.3) is 0 Å². The molecule has 1 fully saturated rings. The van der Waals surface area contributed by atoms with Gasteiger partial charge in [-0.05, 0) is 38.2 Å². The van der Waals surface area contributed by atoms with Gasteiger partial charge >= 0.3 is 5.97 Å². The van der Waals surface area contributed by atoms with Crippen LogP contribution in [0, 0.1) is 5.92 Å². The third-order valence-corrected chi connectivity index (χ3v) is 4.66. The predicted molar refractivity (Wildman–Crippen MR) is 123 cm³/mol.